The Morgan fingerprint density at radius 1 is 0.694 bits per heavy atom. The van der Waals surface area contributed by atoms with Gasteiger partial charge in [-0.05, 0) is 61.4 Å². The molecule has 3 rings (SSSR count). The van der Waals surface area contributed by atoms with E-state index in [-0.39, 0.29) is 11.8 Å². The molecule has 0 aliphatic rings. The Morgan fingerprint density at radius 3 is 1.50 bits per heavy atom. The van der Waals surface area contributed by atoms with E-state index in [4.69, 9.17) is 9.47 Å². The Kier molecular flexibility index (Phi) is 10.8. The minimum Gasteiger partial charge on any atom is -0.493 e. The van der Waals surface area contributed by atoms with Gasteiger partial charge in [-0.25, -0.2) is 0 Å². The lowest BCUT2D eigenvalue weighted by Crippen LogP contribution is -2.18. The van der Waals surface area contributed by atoms with Crippen molar-refractivity contribution in [3.05, 3.63) is 80.7 Å². The smallest absolute Gasteiger partial charge is 0.259 e. The molecule has 0 aliphatic carbocycles. The fraction of sp³-hybridized carbons (Fsp3) is 0.286. The lowest BCUT2D eigenvalue weighted by atomic mass is 10.1. The molecule has 6 nitrogen and oxygen atoms in total. The van der Waals surface area contributed by atoms with E-state index in [1.807, 2.05) is 12.1 Å². The monoisotopic (exact) mass is 616 g/mol. The fourth-order valence-electron chi connectivity index (χ4n) is 3.34. The SMILES string of the molecule is CCCCOc1ccc(Br)cc1C(=O)Nc1ccccc1NC(=O)c1cc(Br)ccc1OCCCC. The Bertz CT molecular complexity index is 1110. The Morgan fingerprint density at radius 2 is 1.11 bits per heavy atom. The molecule has 0 heterocycles. The van der Waals surface area contributed by atoms with Crippen molar-refractivity contribution in [2.24, 2.45) is 0 Å². The molecule has 0 saturated carbocycles. The largest absolute Gasteiger partial charge is 0.493 e. The number of anilines is 2. The van der Waals surface area contributed by atoms with E-state index in [2.05, 4.69) is 56.3 Å². The average Bonchev–Trinajstić information content (AvgIpc) is 2.87. The van der Waals surface area contributed by atoms with Gasteiger partial charge in [-0.3, -0.25) is 9.59 Å². The van der Waals surface area contributed by atoms with Crippen LogP contribution in [0.15, 0.2) is 69.6 Å². The molecule has 0 fully saturated rings. The van der Waals surface area contributed by atoms with Gasteiger partial charge in [0.15, 0.2) is 0 Å². The van der Waals surface area contributed by atoms with E-state index in [1.165, 1.54) is 0 Å². The lowest BCUT2D eigenvalue weighted by Gasteiger charge is -2.16. The van der Waals surface area contributed by atoms with Crippen LogP contribution in [-0.2, 0) is 0 Å². The van der Waals surface area contributed by atoms with Crippen molar-refractivity contribution in [1.29, 1.82) is 0 Å². The molecule has 2 amide bonds. The Balaban J connectivity index is 1.81. The fourth-order valence-corrected chi connectivity index (χ4v) is 4.07. The van der Waals surface area contributed by atoms with Crippen LogP contribution in [0.5, 0.6) is 11.5 Å². The maximum absolute atomic E-state index is 13.2. The van der Waals surface area contributed by atoms with Gasteiger partial charge < -0.3 is 20.1 Å². The summed E-state index contributed by atoms with van der Waals surface area (Å²) < 4.78 is 13.2. The molecule has 2 N–H and O–H groups in total. The summed E-state index contributed by atoms with van der Waals surface area (Å²) in [7, 11) is 0. The Hall–Kier alpha value is -2.84. The average molecular weight is 618 g/mol. The minimum atomic E-state index is -0.337. The number of ether oxygens (including phenoxy) is 2. The maximum atomic E-state index is 13.2. The van der Waals surface area contributed by atoms with Crippen molar-refractivity contribution in [1.82, 2.24) is 0 Å². The van der Waals surface area contributed by atoms with E-state index >= 15 is 0 Å². The number of hydrogen-bond acceptors (Lipinski definition) is 4. The van der Waals surface area contributed by atoms with Crippen molar-refractivity contribution in [2.75, 3.05) is 23.8 Å². The van der Waals surface area contributed by atoms with E-state index in [0.29, 0.717) is 47.2 Å². The van der Waals surface area contributed by atoms with E-state index in [1.54, 1.807) is 48.5 Å². The van der Waals surface area contributed by atoms with E-state index in [0.717, 1.165) is 34.6 Å². The van der Waals surface area contributed by atoms with Gasteiger partial charge in [-0.15, -0.1) is 0 Å². The second kappa shape index (κ2) is 14.0. The molecule has 3 aromatic rings. The van der Waals surface area contributed by atoms with Crippen molar-refractivity contribution in [3.63, 3.8) is 0 Å². The second-order valence-electron chi connectivity index (χ2n) is 8.14. The van der Waals surface area contributed by atoms with Crippen LogP contribution in [-0.4, -0.2) is 25.0 Å². The van der Waals surface area contributed by atoms with E-state index in [9.17, 15) is 9.59 Å². The van der Waals surface area contributed by atoms with Crippen LogP contribution in [0.2, 0.25) is 0 Å². The van der Waals surface area contributed by atoms with Gasteiger partial charge in [0, 0.05) is 8.95 Å². The lowest BCUT2D eigenvalue weighted by molar-refractivity contribution is 0.101. The molecule has 36 heavy (non-hydrogen) atoms. The molecule has 0 atom stereocenters. The normalized spacial score (nSPS) is 10.6. The molecule has 0 radical (unpaired) electrons. The number of carbonyl (C=O) groups is 2. The topological polar surface area (TPSA) is 76.7 Å². The highest BCUT2D eigenvalue weighted by Crippen LogP contribution is 2.29. The van der Waals surface area contributed by atoms with Gasteiger partial charge in [-0.1, -0.05) is 70.7 Å². The summed E-state index contributed by atoms with van der Waals surface area (Å²) in [5.74, 6) is 0.341. The highest BCUT2D eigenvalue weighted by atomic mass is 79.9. The first-order valence-corrected chi connectivity index (χ1v) is 13.6. The van der Waals surface area contributed by atoms with Crippen LogP contribution in [0, 0.1) is 0 Å². The molecular weight excluding hydrogens is 588 g/mol. The molecular formula is C28H30Br2N2O4. The molecule has 0 spiro atoms. The van der Waals surface area contributed by atoms with Gasteiger partial charge in [0.25, 0.3) is 11.8 Å². The van der Waals surface area contributed by atoms with Crippen molar-refractivity contribution in [2.45, 2.75) is 39.5 Å². The predicted molar refractivity (Wildman–Crippen MR) is 151 cm³/mol. The minimum absolute atomic E-state index is 0.337. The maximum Gasteiger partial charge on any atom is 0.259 e. The third-order valence-corrected chi connectivity index (χ3v) is 6.29. The van der Waals surface area contributed by atoms with Crippen LogP contribution in [0.3, 0.4) is 0 Å². The number of rotatable bonds is 12. The van der Waals surface area contributed by atoms with Crippen LogP contribution in [0.4, 0.5) is 11.4 Å². The van der Waals surface area contributed by atoms with Gasteiger partial charge >= 0.3 is 0 Å². The highest BCUT2D eigenvalue weighted by molar-refractivity contribution is 9.10. The number of unbranched alkanes of at least 4 members (excludes halogenated alkanes) is 2. The summed E-state index contributed by atoms with van der Waals surface area (Å²) in [6.07, 6.45) is 3.78. The van der Waals surface area contributed by atoms with E-state index < -0.39 is 0 Å². The summed E-state index contributed by atoms with van der Waals surface area (Å²) in [6.45, 7) is 5.22. The predicted octanol–water partition coefficient (Wildman–Crippen LogP) is 8.07. The zero-order chi connectivity index (χ0) is 25.9. The van der Waals surface area contributed by atoms with Gasteiger partial charge in [0.05, 0.1) is 35.7 Å². The summed E-state index contributed by atoms with van der Waals surface area (Å²) in [5, 5.41) is 5.83. The first-order valence-electron chi connectivity index (χ1n) is 12.0. The molecule has 0 aromatic heterocycles. The van der Waals surface area contributed by atoms with Gasteiger partial charge in [0.1, 0.15) is 11.5 Å². The summed E-state index contributed by atoms with van der Waals surface area (Å²) in [6, 6.07) is 17.7. The number of hydrogen-bond donors (Lipinski definition) is 2. The zero-order valence-electron chi connectivity index (χ0n) is 20.4. The number of para-hydroxylation sites is 2. The number of benzene rings is 3. The van der Waals surface area contributed by atoms with Crippen molar-refractivity contribution >= 4 is 55.0 Å². The molecule has 8 heteroatoms. The molecule has 0 bridgehead atoms. The van der Waals surface area contributed by atoms with Gasteiger partial charge in [-0.2, -0.15) is 0 Å². The molecule has 3 aromatic carbocycles. The first-order chi connectivity index (χ1) is 17.4. The number of halogens is 2. The summed E-state index contributed by atoms with van der Waals surface area (Å²) >= 11 is 6.86. The van der Waals surface area contributed by atoms with Crippen molar-refractivity contribution < 1.29 is 19.1 Å². The quantitative estimate of drug-likeness (QED) is 0.201. The molecule has 190 valence electrons. The number of carbonyl (C=O) groups excluding carboxylic acids is 2. The molecule has 0 aliphatic heterocycles. The third-order valence-electron chi connectivity index (χ3n) is 5.31. The van der Waals surface area contributed by atoms with Crippen molar-refractivity contribution in [3.8, 4) is 11.5 Å². The highest BCUT2D eigenvalue weighted by Gasteiger charge is 2.18. The Labute approximate surface area is 229 Å². The number of nitrogens with one attached hydrogen (secondary N) is 2. The van der Waals surface area contributed by atoms with Gasteiger partial charge in [0.2, 0.25) is 0 Å². The van der Waals surface area contributed by atoms with Crippen LogP contribution in [0.25, 0.3) is 0 Å². The van der Waals surface area contributed by atoms with Crippen LogP contribution < -0.4 is 20.1 Å². The first kappa shape index (κ1) is 27.7. The third kappa shape index (κ3) is 7.83. The number of amides is 2. The van der Waals surface area contributed by atoms with Crippen LogP contribution in [0.1, 0.15) is 60.2 Å². The summed E-state index contributed by atoms with van der Waals surface area (Å²) in [5.41, 5.74) is 1.75. The van der Waals surface area contributed by atoms with Crippen LogP contribution >= 0.6 is 31.9 Å². The zero-order valence-corrected chi connectivity index (χ0v) is 23.6. The second-order valence-corrected chi connectivity index (χ2v) is 9.97. The summed E-state index contributed by atoms with van der Waals surface area (Å²) in [4.78, 5) is 26.4. The molecule has 0 unspecified atom stereocenters. The standard InChI is InChI=1S/C28H30Br2N2O4/c1-3-5-15-35-25-13-11-19(29)17-21(25)27(33)31-23-9-7-8-10-24(23)32-28(34)22-18-20(30)12-14-26(22)36-16-6-4-2/h7-14,17-18H,3-6,15-16H2,1-2H3,(H,31,33)(H,32,34). The molecule has 0 saturated heterocycles.